The molecule has 1 aliphatic carbocycles. The van der Waals surface area contributed by atoms with Crippen molar-refractivity contribution >= 4 is 5.97 Å². The highest BCUT2D eigenvalue weighted by molar-refractivity contribution is 5.85. The fourth-order valence-corrected chi connectivity index (χ4v) is 2.20. The quantitative estimate of drug-likeness (QED) is 0.477. The van der Waals surface area contributed by atoms with E-state index < -0.39 is 28.0 Å². The van der Waals surface area contributed by atoms with Crippen molar-refractivity contribution in [2.75, 3.05) is 0 Å². The van der Waals surface area contributed by atoms with Crippen molar-refractivity contribution in [2.45, 2.75) is 44.2 Å². The number of hydrogen-bond acceptors (Lipinski definition) is 4. The van der Waals surface area contributed by atoms with E-state index in [4.69, 9.17) is 4.74 Å². The highest BCUT2D eigenvalue weighted by Crippen LogP contribution is 2.54. The minimum absolute atomic E-state index is 0.207. The highest BCUT2D eigenvalue weighted by atomic mass is 16.6. The van der Waals surface area contributed by atoms with Crippen LogP contribution in [0.2, 0.25) is 0 Å². The first-order chi connectivity index (χ1) is 8.77. The third-order valence-electron chi connectivity index (χ3n) is 3.21. The first-order valence-corrected chi connectivity index (χ1v) is 6.20. The molecule has 0 bridgehead atoms. The lowest BCUT2D eigenvalue weighted by Gasteiger charge is -2.21. The van der Waals surface area contributed by atoms with Crippen LogP contribution in [0.25, 0.3) is 0 Å². The summed E-state index contributed by atoms with van der Waals surface area (Å²) >= 11 is 0. The molecule has 1 fully saturated rings. The molecule has 19 heavy (non-hydrogen) atoms. The van der Waals surface area contributed by atoms with E-state index in [1.54, 1.807) is 32.9 Å². The normalized spacial score (nSPS) is 25.7. The van der Waals surface area contributed by atoms with Crippen LogP contribution < -0.4 is 0 Å². The van der Waals surface area contributed by atoms with E-state index in [0.717, 1.165) is 5.56 Å². The Morgan fingerprint density at radius 2 is 1.95 bits per heavy atom. The molecule has 0 aromatic heterocycles. The lowest BCUT2D eigenvalue weighted by molar-refractivity contribution is -0.527. The summed E-state index contributed by atoms with van der Waals surface area (Å²) in [6.45, 7) is 5.12. The Labute approximate surface area is 111 Å². The number of ether oxygens (including phenoxy) is 1. The van der Waals surface area contributed by atoms with E-state index in [-0.39, 0.29) is 6.42 Å². The molecule has 0 aliphatic heterocycles. The molecule has 1 aliphatic rings. The molecule has 5 heteroatoms. The second-order valence-corrected chi connectivity index (χ2v) is 5.85. The molecule has 1 saturated carbocycles. The van der Waals surface area contributed by atoms with Crippen molar-refractivity contribution in [3.8, 4) is 0 Å². The van der Waals surface area contributed by atoms with E-state index in [9.17, 15) is 14.9 Å². The van der Waals surface area contributed by atoms with Crippen LogP contribution in [0, 0.1) is 10.1 Å². The van der Waals surface area contributed by atoms with Gasteiger partial charge >= 0.3 is 11.5 Å². The Hall–Kier alpha value is -1.91. The molecule has 0 heterocycles. The van der Waals surface area contributed by atoms with Crippen LogP contribution in [0.4, 0.5) is 0 Å². The number of esters is 1. The molecule has 0 amide bonds. The summed E-state index contributed by atoms with van der Waals surface area (Å²) in [4.78, 5) is 22.9. The molecule has 0 unspecified atom stereocenters. The number of benzene rings is 1. The third kappa shape index (κ3) is 2.45. The van der Waals surface area contributed by atoms with E-state index in [2.05, 4.69) is 0 Å². The van der Waals surface area contributed by atoms with Gasteiger partial charge in [-0.3, -0.25) is 10.1 Å². The first kappa shape index (κ1) is 13.5. The van der Waals surface area contributed by atoms with Crippen molar-refractivity contribution in [3.63, 3.8) is 0 Å². The standard InChI is InChI=1S/C14H17NO4/c1-13(2,3)19-12(16)14(15(17)18)9-11(14)10-7-5-4-6-8-10/h4-8,11H,9H2,1-3H3/t11-,14-/m0/s1. The van der Waals surface area contributed by atoms with Gasteiger partial charge in [0.2, 0.25) is 0 Å². The number of carbonyl (C=O) groups excluding carboxylic acids is 1. The third-order valence-corrected chi connectivity index (χ3v) is 3.21. The van der Waals surface area contributed by atoms with E-state index >= 15 is 0 Å². The average molecular weight is 263 g/mol. The second-order valence-electron chi connectivity index (χ2n) is 5.85. The Morgan fingerprint density at radius 1 is 1.37 bits per heavy atom. The number of carbonyl (C=O) groups is 1. The van der Waals surface area contributed by atoms with E-state index in [1.807, 2.05) is 18.2 Å². The predicted molar refractivity (Wildman–Crippen MR) is 69.4 cm³/mol. The maximum absolute atomic E-state index is 12.1. The SMILES string of the molecule is CC(C)(C)OC(=O)[C@]1([N+](=O)[O-])C[C@H]1c1ccccc1. The summed E-state index contributed by atoms with van der Waals surface area (Å²) < 4.78 is 5.20. The lowest BCUT2D eigenvalue weighted by atomic mass is 10.1. The van der Waals surface area contributed by atoms with Gasteiger partial charge in [0, 0.05) is 11.3 Å². The van der Waals surface area contributed by atoms with Gasteiger partial charge in [-0.2, -0.15) is 0 Å². The van der Waals surface area contributed by atoms with Crippen LogP contribution in [-0.4, -0.2) is 22.0 Å². The molecular formula is C14H17NO4. The summed E-state index contributed by atoms with van der Waals surface area (Å²) in [6.07, 6.45) is 0.207. The van der Waals surface area contributed by atoms with Crippen molar-refractivity contribution in [1.29, 1.82) is 0 Å². The maximum Gasteiger partial charge on any atom is 0.386 e. The second kappa shape index (κ2) is 4.33. The minimum Gasteiger partial charge on any atom is -0.455 e. The van der Waals surface area contributed by atoms with Gasteiger partial charge in [0.25, 0.3) is 0 Å². The summed E-state index contributed by atoms with van der Waals surface area (Å²) in [5.41, 5.74) is -1.51. The van der Waals surface area contributed by atoms with Gasteiger partial charge in [-0.15, -0.1) is 0 Å². The summed E-state index contributed by atoms with van der Waals surface area (Å²) in [7, 11) is 0. The van der Waals surface area contributed by atoms with Gasteiger partial charge in [0.15, 0.2) is 0 Å². The molecule has 102 valence electrons. The molecule has 0 spiro atoms. The first-order valence-electron chi connectivity index (χ1n) is 6.20. The Bertz CT molecular complexity index is 506. The molecule has 0 N–H and O–H groups in total. The largest absolute Gasteiger partial charge is 0.455 e. The zero-order chi connectivity index (χ0) is 14.3. The van der Waals surface area contributed by atoms with Crippen molar-refractivity contribution < 1.29 is 14.5 Å². The number of rotatable bonds is 3. The van der Waals surface area contributed by atoms with E-state index in [0.29, 0.717) is 0 Å². The van der Waals surface area contributed by atoms with Crippen LogP contribution in [0.3, 0.4) is 0 Å². The zero-order valence-electron chi connectivity index (χ0n) is 11.3. The van der Waals surface area contributed by atoms with Crippen molar-refractivity contribution in [2.24, 2.45) is 0 Å². The molecule has 1 aromatic rings. The maximum atomic E-state index is 12.1. The fraction of sp³-hybridized carbons (Fsp3) is 0.500. The monoisotopic (exact) mass is 263 g/mol. The predicted octanol–water partition coefficient (Wildman–Crippen LogP) is 2.53. The molecule has 5 nitrogen and oxygen atoms in total. The van der Waals surface area contributed by atoms with Gasteiger partial charge in [0.05, 0.1) is 5.92 Å². The smallest absolute Gasteiger partial charge is 0.386 e. The van der Waals surface area contributed by atoms with Gasteiger partial charge in [-0.1, -0.05) is 30.3 Å². The van der Waals surface area contributed by atoms with Crippen LogP contribution in [0.15, 0.2) is 30.3 Å². The summed E-state index contributed by atoms with van der Waals surface area (Å²) in [5.74, 6) is -1.13. The number of nitrogens with zero attached hydrogens (tertiary/aromatic N) is 1. The average Bonchev–Trinajstić information content (AvgIpc) is 3.04. The molecule has 0 saturated heterocycles. The molecular weight excluding hydrogens is 246 g/mol. The fourth-order valence-electron chi connectivity index (χ4n) is 2.20. The topological polar surface area (TPSA) is 69.4 Å². The Kier molecular flexibility index (Phi) is 3.08. The highest BCUT2D eigenvalue weighted by Gasteiger charge is 2.74. The molecule has 2 rings (SSSR count). The Morgan fingerprint density at radius 3 is 2.42 bits per heavy atom. The number of nitro groups is 1. The zero-order valence-corrected chi connectivity index (χ0v) is 11.3. The van der Waals surface area contributed by atoms with Crippen LogP contribution in [0.5, 0.6) is 0 Å². The minimum atomic E-state index is -1.60. The van der Waals surface area contributed by atoms with Crippen molar-refractivity contribution in [1.82, 2.24) is 0 Å². The van der Waals surface area contributed by atoms with Crippen LogP contribution in [-0.2, 0) is 9.53 Å². The Balaban J connectivity index is 2.24. The van der Waals surface area contributed by atoms with Gasteiger partial charge in [-0.25, -0.2) is 4.79 Å². The summed E-state index contributed by atoms with van der Waals surface area (Å²) in [6, 6.07) is 9.08. The van der Waals surface area contributed by atoms with Crippen LogP contribution >= 0.6 is 0 Å². The molecule has 0 radical (unpaired) electrons. The lowest BCUT2D eigenvalue weighted by Crippen LogP contribution is -2.39. The van der Waals surface area contributed by atoms with Crippen molar-refractivity contribution in [3.05, 3.63) is 46.0 Å². The molecule has 1 aromatic carbocycles. The molecule has 2 atom stereocenters. The summed E-state index contributed by atoms with van der Waals surface area (Å²) in [5, 5.41) is 11.3. The van der Waals surface area contributed by atoms with Gasteiger partial charge in [-0.05, 0) is 26.3 Å². The number of hydrogen-bond donors (Lipinski definition) is 0. The van der Waals surface area contributed by atoms with Crippen LogP contribution in [0.1, 0.15) is 38.7 Å². The van der Waals surface area contributed by atoms with E-state index in [1.165, 1.54) is 0 Å². The van der Waals surface area contributed by atoms with Gasteiger partial charge in [0.1, 0.15) is 5.60 Å². The van der Waals surface area contributed by atoms with Gasteiger partial charge < -0.3 is 4.74 Å².